The molecule has 1 aromatic heterocycles. The lowest BCUT2D eigenvalue weighted by atomic mass is 9.93. The highest BCUT2D eigenvalue weighted by molar-refractivity contribution is 7.09. The second kappa shape index (κ2) is 7.96. The maximum Gasteiger partial charge on any atom is 0.217 e. The third-order valence-electron chi connectivity index (χ3n) is 3.80. The van der Waals surface area contributed by atoms with Gasteiger partial charge in [0, 0.05) is 18.2 Å². The molecule has 1 aliphatic rings. The Morgan fingerprint density at radius 3 is 2.85 bits per heavy atom. The van der Waals surface area contributed by atoms with Crippen molar-refractivity contribution in [3.63, 3.8) is 0 Å². The molecular formula is C14H22ClN3OS. The zero-order chi connectivity index (χ0) is 14.4. The normalized spacial score (nSPS) is 17.4. The summed E-state index contributed by atoms with van der Waals surface area (Å²) in [4.78, 5) is 17.9. The predicted molar refractivity (Wildman–Crippen MR) is 83.0 cm³/mol. The number of carbonyl (C=O) groups is 1. The first-order valence-corrected chi connectivity index (χ1v) is 8.58. The summed E-state index contributed by atoms with van der Waals surface area (Å²) in [5.74, 6) is 0.834. The first-order valence-electron chi connectivity index (χ1n) is 7.17. The topological polar surface area (TPSA) is 59.2 Å². The van der Waals surface area contributed by atoms with Crippen molar-refractivity contribution in [1.29, 1.82) is 0 Å². The Labute approximate surface area is 129 Å². The first kappa shape index (κ1) is 15.7. The van der Waals surface area contributed by atoms with Gasteiger partial charge >= 0.3 is 0 Å². The van der Waals surface area contributed by atoms with Gasteiger partial charge in [-0.05, 0) is 44.8 Å². The number of thiazole rings is 1. The SMILES string of the molecule is NC(=O)CC1CCN(CCCc2nc(CCl)cs2)CC1. The third-order valence-corrected chi connectivity index (χ3v) is 5.03. The van der Waals surface area contributed by atoms with Crippen LogP contribution in [0.25, 0.3) is 0 Å². The van der Waals surface area contributed by atoms with Crippen molar-refractivity contribution in [3.8, 4) is 0 Å². The number of hydrogen-bond acceptors (Lipinski definition) is 4. The molecule has 1 aliphatic heterocycles. The van der Waals surface area contributed by atoms with E-state index in [-0.39, 0.29) is 5.91 Å². The Morgan fingerprint density at radius 1 is 1.50 bits per heavy atom. The largest absolute Gasteiger partial charge is 0.370 e. The Morgan fingerprint density at radius 2 is 2.25 bits per heavy atom. The lowest BCUT2D eigenvalue weighted by Gasteiger charge is -2.31. The number of carbonyl (C=O) groups excluding carboxylic acids is 1. The molecule has 0 saturated carbocycles. The fourth-order valence-corrected chi connectivity index (χ4v) is 3.75. The van der Waals surface area contributed by atoms with Crippen molar-refractivity contribution in [1.82, 2.24) is 9.88 Å². The molecule has 2 rings (SSSR count). The van der Waals surface area contributed by atoms with Crippen LogP contribution in [0, 0.1) is 5.92 Å². The molecule has 2 heterocycles. The lowest BCUT2D eigenvalue weighted by molar-refractivity contribution is -0.119. The molecule has 0 aromatic carbocycles. The van der Waals surface area contributed by atoms with Gasteiger partial charge in [0.15, 0.2) is 0 Å². The van der Waals surface area contributed by atoms with Crippen LogP contribution in [0.3, 0.4) is 0 Å². The predicted octanol–water partition coefficient (Wildman–Crippen LogP) is 2.40. The molecule has 4 nitrogen and oxygen atoms in total. The van der Waals surface area contributed by atoms with Gasteiger partial charge < -0.3 is 10.6 Å². The molecule has 0 aliphatic carbocycles. The summed E-state index contributed by atoms with van der Waals surface area (Å²) in [5, 5.41) is 3.22. The Hall–Kier alpha value is -0.650. The molecule has 2 N–H and O–H groups in total. The fraction of sp³-hybridized carbons (Fsp3) is 0.714. The average Bonchev–Trinajstić information content (AvgIpc) is 2.88. The van der Waals surface area contributed by atoms with E-state index < -0.39 is 0 Å². The van der Waals surface area contributed by atoms with E-state index in [0.717, 1.165) is 51.0 Å². The Bertz CT molecular complexity index is 430. The molecule has 0 atom stereocenters. The van der Waals surface area contributed by atoms with Crippen LogP contribution in [0.4, 0.5) is 0 Å². The van der Waals surface area contributed by atoms with Crippen LogP contribution in [0.2, 0.25) is 0 Å². The number of aryl methyl sites for hydroxylation is 1. The number of amides is 1. The quantitative estimate of drug-likeness (QED) is 0.786. The van der Waals surface area contributed by atoms with E-state index in [1.54, 1.807) is 11.3 Å². The molecule has 1 fully saturated rings. The smallest absolute Gasteiger partial charge is 0.217 e. The summed E-state index contributed by atoms with van der Waals surface area (Å²) in [6.45, 7) is 3.28. The van der Waals surface area contributed by atoms with Crippen LogP contribution in [0.5, 0.6) is 0 Å². The number of likely N-dealkylation sites (tertiary alicyclic amines) is 1. The highest BCUT2D eigenvalue weighted by Gasteiger charge is 2.20. The molecule has 1 aromatic rings. The second-order valence-electron chi connectivity index (χ2n) is 5.43. The standard InChI is InChI=1S/C14H22ClN3OS/c15-9-12-10-20-14(17-12)2-1-5-18-6-3-11(4-7-18)8-13(16)19/h10-11H,1-9H2,(H2,16,19). The highest BCUT2D eigenvalue weighted by atomic mass is 35.5. The zero-order valence-corrected chi connectivity index (χ0v) is 13.3. The number of aromatic nitrogens is 1. The van der Waals surface area contributed by atoms with Crippen LogP contribution < -0.4 is 5.73 Å². The van der Waals surface area contributed by atoms with Crippen molar-refractivity contribution in [2.24, 2.45) is 11.7 Å². The molecule has 112 valence electrons. The van der Waals surface area contributed by atoms with E-state index in [1.165, 1.54) is 5.01 Å². The van der Waals surface area contributed by atoms with E-state index in [9.17, 15) is 4.79 Å². The molecule has 0 bridgehead atoms. The van der Waals surface area contributed by atoms with Gasteiger partial charge in [0.2, 0.25) is 5.91 Å². The number of nitrogens with two attached hydrogens (primary N) is 1. The maximum atomic E-state index is 10.9. The summed E-state index contributed by atoms with van der Waals surface area (Å²) in [6.07, 6.45) is 4.90. The minimum Gasteiger partial charge on any atom is -0.370 e. The molecule has 20 heavy (non-hydrogen) atoms. The second-order valence-corrected chi connectivity index (χ2v) is 6.64. The van der Waals surface area contributed by atoms with Gasteiger partial charge in [-0.3, -0.25) is 4.79 Å². The van der Waals surface area contributed by atoms with Crippen LogP contribution in [-0.2, 0) is 17.1 Å². The molecule has 0 unspecified atom stereocenters. The summed E-state index contributed by atoms with van der Waals surface area (Å²) in [5.41, 5.74) is 6.23. The molecule has 1 amide bonds. The minimum atomic E-state index is -0.165. The van der Waals surface area contributed by atoms with E-state index in [4.69, 9.17) is 17.3 Å². The average molecular weight is 316 g/mol. The summed E-state index contributed by atoms with van der Waals surface area (Å²) in [6, 6.07) is 0. The van der Waals surface area contributed by atoms with E-state index in [2.05, 4.69) is 9.88 Å². The van der Waals surface area contributed by atoms with Gasteiger partial charge in [0.05, 0.1) is 16.6 Å². The van der Waals surface area contributed by atoms with Crippen LogP contribution in [0.1, 0.15) is 36.4 Å². The van der Waals surface area contributed by atoms with Gasteiger partial charge in [0.1, 0.15) is 0 Å². The van der Waals surface area contributed by atoms with Crippen molar-refractivity contribution in [3.05, 3.63) is 16.1 Å². The number of alkyl halides is 1. The third kappa shape index (κ3) is 5.04. The zero-order valence-electron chi connectivity index (χ0n) is 11.7. The molecular weight excluding hydrogens is 294 g/mol. The van der Waals surface area contributed by atoms with Crippen LogP contribution >= 0.6 is 22.9 Å². The van der Waals surface area contributed by atoms with Gasteiger partial charge in [-0.25, -0.2) is 4.98 Å². The van der Waals surface area contributed by atoms with Gasteiger partial charge in [0.25, 0.3) is 0 Å². The van der Waals surface area contributed by atoms with Crippen molar-refractivity contribution in [2.75, 3.05) is 19.6 Å². The van der Waals surface area contributed by atoms with Crippen molar-refractivity contribution >= 4 is 28.8 Å². The lowest BCUT2D eigenvalue weighted by Crippen LogP contribution is -2.35. The maximum absolute atomic E-state index is 10.9. The van der Waals surface area contributed by atoms with E-state index in [0.29, 0.717) is 18.2 Å². The number of nitrogens with zero attached hydrogens (tertiary/aromatic N) is 2. The molecule has 0 spiro atoms. The summed E-state index contributed by atoms with van der Waals surface area (Å²) < 4.78 is 0. The van der Waals surface area contributed by atoms with Gasteiger partial charge in [-0.15, -0.1) is 22.9 Å². The molecule has 0 radical (unpaired) electrons. The van der Waals surface area contributed by atoms with Gasteiger partial charge in [-0.1, -0.05) is 0 Å². The first-order chi connectivity index (χ1) is 9.67. The minimum absolute atomic E-state index is 0.165. The van der Waals surface area contributed by atoms with E-state index >= 15 is 0 Å². The number of piperidine rings is 1. The molecule has 6 heteroatoms. The number of hydrogen-bond donors (Lipinski definition) is 1. The summed E-state index contributed by atoms with van der Waals surface area (Å²) in [7, 11) is 0. The molecule has 1 saturated heterocycles. The van der Waals surface area contributed by atoms with Crippen molar-refractivity contribution in [2.45, 2.75) is 38.0 Å². The van der Waals surface area contributed by atoms with Gasteiger partial charge in [-0.2, -0.15) is 0 Å². The van der Waals surface area contributed by atoms with Crippen molar-refractivity contribution < 1.29 is 4.79 Å². The monoisotopic (exact) mass is 315 g/mol. The Kier molecular flexibility index (Phi) is 6.26. The number of rotatable bonds is 7. The number of primary amides is 1. The van der Waals surface area contributed by atoms with E-state index in [1.807, 2.05) is 5.38 Å². The fourth-order valence-electron chi connectivity index (χ4n) is 2.68. The van der Waals surface area contributed by atoms with Crippen LogP contribution in [0.15, 0.2) is 5.38 Å². The number of halogens is 1. The Balaban J connectivity index is 1.62. The van der Waals surface area contributed by atoms with Crippen LogP contribution in [-0.4, -0.2) is 35.4 Å². The summed E-state index contributed by atoms with van der Waals surface area (Å²) >= 11 is 7.45. The highest BCUT2D eigenvalue weighted by Crippen LogP contribution is 2.20.